The number of piperidine rings is 1. The Balaban J connectivity index is 1.74. The van der Waals surface area contributed by atoms with E-state index < -0.39 is 5.54 Å². The Bertz CT molecular complexity index is 645. The molecule has 2 bridgehead atoms. The smallest absolute Gasteiger partial charge is 0.331 e. The SMILES string of the molecule is COC(=O)[C@]1(NC(C)=O)C[C@@H]2C[C@H]1CN(Cc1ccc(OC)cc1)C2. The highest BCUT2D eigenvalue weighted by molar-refractivity contribution is 5.88. The third kappa shape index (κ3) is 3.49. The van der Waals surface area contributed by atoms with Gasteiger partial charge in [0.05, 0.1) is 14.2 Å². The molecule has 1 aliphatic heterocycles. The number of esters is 1. The predicted octanol–water partition coefficient (Wildman–Crippen LogP) is 1.58. The van der Waals surface area contributed by atoms with Crippen LogP contribution in [0.1, 0.15) is 25.3 Å². The van der Waals surface area contributed by atoms with E-state index in [0.29, 0.717) is 12.3 Å². The Morgan fingerprint density at radius 2 is 1.96 bits per heavy atom. The number of benzene rings is 1. The first-order valence-corrected chi connectivity index (χ1v) is 8.69. The topological polar surface area (TPSA) is 67.9 Å². The molecule has 2 aliphatic rings. The van der Waals surface area contributed by atoms with Crippen molar-refractivity contribution in [2.45, 2.75) is 31.8 Å². The van der Waals surface area contributed by atoms with Crippen LogP contribution in [-0.2, 0) is 20.9 Å². The Labute approximate surface area is 148 Å². The van der Waals surface area contributed by atoms with E-state index in [1.807, 2.05) is 12.1 Å². The minimum Gasteiger partial charge on any atom is -0.497 e. The first-order chi connectivity index (χ1) is 12.0. The zero-order chi connectivity index (χ0) is 18.0. The molecule has 1 heterocycles. The van der Waals surface area contributed by atoms with E-state index in [0.717, 1.165) is 31.8 Å². The minimum absolute atomic E-state index is 0.0841. The maximum absolute atomic E-state index is 12.5. The second-order valence-electron chi connectivity index (χ2n) is 7.19. The van der Waals surface area contributed by atoms with Crippen LogP contribution in [0.25, 0.3) is 0 Å². The highest BCUT2D eigenvalue weighted by Gasteiger charge is 2.56. The van der Waals surface area contributed by atoms with E-state index in [4.69, 9.17) is 9.47 Å². The zero-order valence-corrected chi connectivity index (χ0v) is 15.1. The number of hydrogen-bond acceptors (Lipinski definition) is 5. The van der Waals surface area contributed by atoms with Gasteiger partial charge in [-0.05, 0) is 36.5 Å². The summed E-state index contributed by atoms with van der Waals surface area (Å²) in [7, 11) is 3.05. The van der Waals surface area contributed by atoms with Crippen molar-refractivity contribution < 1.29 is 19.1 Å². The number of likely N-dealkylation sites (tertiary alicyclic amines) is 1. The molecule has 6 nitrogen and oxygen atoms in total. The number of rotatable bonds is 5. The maximum Gasteiger partial charge on any atom is 0.331 e. The van der Waals surface area contributed by atoms with Crippen LogP contribution in [0.5, 0.6) is 5.75 Å². The molecule has 136 valence electrons. The highest BCUT2D eigenvalue weighted by atomic mass is 16.5. The van der Waals surface area contributed by atoms with Crippen molar-refractivity contribution in [2.75, 3.05) is 27.3 Å². The lowest BCUT2D eigenvalue weighted by Crippen LogP contribution is -2.58. The normalized spacial score (nSPS) is 28.4. The standard InChI is InChI=1S/C19H26N2O4/c1-13(22)20-19(18(23)25-3)9-15-8-16(19)12-21(11-15)10-14-4-6-17(24-2)7-5-14/h4-7,15-16H,8-12H2,1-3H3,(H,20,22)/t15-,16-,19-/m0/s1. The fourth-order valence-electron chi connectivity index (χ4n) is 4.50. The zero-order valence-electron chi connectivity index (χ0n) is 15.1. The van der Waals surface area contributed by atoms with Crippen molar-refractivity contribution in [1.29, 1.82) is 0 Å². The lowest BCUT2D eigenvalue weighted by atomic mass is 9.86. The molecule has 0 unspecified atom stereocenters. The summed E-state index contributed by atoms with van der Waals surface area (Å²) in [4.78, 5) is 26.6. The molecule has 1 aliphatic carbocycles. The number of nitrogens with one attached hydrogen (secondary N) is 1. The first kappa shape index (κ1) is 17.7. The number of amides is 1. The molecule has 1 saturated heterocycles. The second kappa shape index (κ2) is 7.04. The van der Waals surface area contributed by atoms with Gasteiger partial charge in [0.15, 0.2) is 0 Å². The summed E-state index contributed by atoms with van der Waals surface area (Å²) < 4.78 is 10.2. The monoisotopic (exact) mass is 346 g/mol. The molecule has 1 N–H and O–H groups in total. The van der Waals surface area contributed by atoms with Gasteiger partial charge >= 0.3 is 5.97 Å². The summed E-state index contributed by atoms with van der Waals surface area (Å²) in [6.07, 6.45) is 1.61. The number of ether oxygens (including phenoxy) is 2. The molecule has 1 saturated carbocycles. The number of nitrogens with zero attached hydrogens (tertiary/aromatic N) is 1. The lowest BCUT2D eigenvalue weighted by molar-refractivity contribution is -0.152. The van der Waals surface area contributed by atoms with Gasteiger partial charge in [0.2, 0.25) is 5.91 Å². The number of carbonyl (C=O) groups is 2. The quantitative estimate of drug-likeness (QED) is 0.820. The summed E-state index contributed by atoms with van der Waals surface area (Å²) >= 11 is 0. The molecule has 1 amide bonds. The van der Waals surface area contributed by atoms with Gasteiger partial charge in [-0.1, -0.05) is 12.1 Å². The van der Waals surface area contributed by atoms with Crippen molar-refractivity contribution in [3.8, 4) is 5.75 Å². The van der Waals surface area contributed by atoms with Crippen LogP contribution in [-0.4, -0.2) is 49.6 Å². The summed E-state index contributed by atoms with van der Waals surface area (Å²) in [6, 6.07) is 8.06. The Hall–Kier alpha value is -2.08. The Kier molecular flexibility index (Phi) is 4.99. The van der Waals surface area contributed by atoms with Gasteiger partial charge in [-0.2, -0.15) is 0 Å². The second-order valence-corrected chi connectivity index (χ2v) is 7.19. The molecule has 1 aromatic carbocycles. The average molecular weight is 346 g/mol. The Morgan fingerprint density at radius 1 is 1.24 bits per heavy atom. The van der Waals surface area contributed by atoms with Gasteiger partial charge in [-0.15, -0.1) is 0 Å². The van der Waals surface area contributed by atoms with E-state index in [-0.39, 0.29) is 17.8 Å². The molecule has 0 spiro atoms. The van der Waals surface area contributed by atoms with Crippen LogP contribution in [0.2, 0.25) is 0 Å². The van der Waals surface area contributed by atoms with Crippen LogP contribution < -0.4 is 10.1 Å². The van der Waals surface area contributed by atoms with E-state index in [9.17, 15) is 9.59 Å². The van der Waals surface area contributed by atoms with Crippen LogP contribution in [0.15, 0.2) is 24.3 Å². The van der Waals surface area contributed by atoms with Gasteiger partial charge in [0, 0.05) is 32.5 Å². The van der Waals surface area contributed by atoms with E-state index in [1.165, 1.54) is 19.6 Å². The van der Waals surface area contributed by atoms with Gasteiger partial charge in [0.25, 0.3) is 0 Å². The van der Waals surface area contributed by atoms with Gasteiger partial charge < -0.3 is 14.8 Å². The van der Waals surface area contributed by atoms with Crippen LogP contribution >= 0.6 is 0 Å². The average Bonchev–Trinajstić information content (AvgIpc) is 2.85. The predicted molar refractivity (Wildman–Crippen MR) is 93.0 cm³/mol. The van der Waals surface area contributed by atoms with E-state index in [1.54, 1.807) is 7.11 Å². The van der Waals surface area contributed by atoms with Crippen LogP contribution in [0.4, 0.5) is 0 Å². The largest absolute Gasteiger partial charge is 0.497 e. The molecule has 0 radical (unpaired) electrons. The summed E-state index contributed by atoms with van der Waals surface area (Å²) in [6.45, 7) is 4.00. The van der Waals surface area contributed by atoms with Crippen molar-refractivity contribution in [3.63, 3.8) is 0 Å². The first-order valence-electron chi connectivity index (χ1n) is 8.69. The van der Waals surface area contributed by atoms with Gasteiger partial charge in [-0.3, -0.25) is 9.69 Å². The fraction of sp³-hybridized carbons (Fsp3) is 0.579. The maximum atomic E-state index is 12.5. The number of methoxy groups -OCH3 is 2. The van der Waals surface area contributed by atoms with E-state index >= 15 is 0 Å². The molecule has 25 heavy (non-hydrogen) atoms. The van der Waals surface area contributed by atoms with Crippen LogP contribution in [0.3, 0.4) is 0 Å². The van der Waals surface area contributed by atoms with Crippen LogP contribution in [0, 0.1) is 11.8 Å². The third-order valence-electron chi connectivity index (χ3n) is 5.43. The minimum atomic E-state index is -0.875. The molecular formula is C19H26N2O4. The van der Waals surface area contributed by atoms with E-state index in [2.05, 4.69) is 22.3 Å². The molecule has 6 heteroatoms. The molecule has 3 rings (SSSR count). The van der Waals surface area contributed by atoms with Crippen molar-refractivity contribution in [2.24, 2.45) is 11.8 Å². The summed E-state index contributed by atoms with van der Waals surface area (Å²) in [5.74, 6) is 0.822. The third-order valence-corrected chi connectivity index (χ3v) is 5.43. The number of fused-ring (bicyclic) bond motifs is 2. The molecular weight excluding hydrogens is 320 g/mol. The number of carbonyl (C=O) groups excluding carboxylic acids is 2. The van der Waals surface area contributed by atoms with Crippen molar-refractivity contribution >= 4 is 11.9 Å². The van der Waals surface area contributed by atoms with Gasteiger partial charge in [0.1, 0.15) is 11.3 Å². The van der Waals surface area contributed by atoms with Crippen molar-refractivity contribution in [3.05, 3.63) is 29.8 Å². The van der Waals surface area contributed by atoms with Gasteiger partial charge in [-0.25, -0.2) is 4.79 Å². The molecule has 3 atom stereocenters. The summed E-state index contributed by atoms with van der Waals surface area (Å²) in [5.41, 5.74) is 0.338. The van der Waals surface area contributed by atoms with Crippen molar-refractivity contribution in [1.82, 2.24) is 10.2 Å². The summed E-state index contributed by atoms with van der Waals surface area (Å²) in [5, 5.41) is 2.92. The fourth-order valence-corrected chi connectivity index (χ4v) is 4.50. The number of hydrogen-bond donors (Lipinski definition) is 1. The Morgan fingerprint density at radius 3 is 2.56 bits per heavy atom. The molecule has 2 fully saturated rings. The lowest BCUT2D eigenvalue weighted by Gasteiger charge is -2.36. The highest BCUT2D eigenvalue weighted by Crippen LogP contribution is 2.45. The molecule has 0 aromatic heterocycles. The molecule has 1 aromatic rings.